The summed E-state index contributed by atoms with van der Waals surface area (Å²) >= 11 is 0. The molecule has 32 heavy (non-hydrogen) atoms. The summed E-state index contributed by atoms with van der Waals surface area (Å²) in [6.45, 7) is 4.15. The number of hydrogen-bond donors (Lipinski definition) is 0. The van der Waals surface area contributed by atoms with Gasteiger partial charge in [0, 0.05) is 24.9 Å². The molecule has 3 atom stereocenters. The van der Waals surface area contributed by atoms with Crippen molar-refractivity contribution in [3.05, 3.63) is 35.4 Å². The van der Waals surface area contributed by atoms with E-state index in [0.717, 1.165) is 43.9 Å². The Morgan fingerprint density at radius 2 is 1.97 bits per heavy atom. The van der Waals surface area contributed by atoms with Gasteiger partial charge in [-0.2, -0.15) is 0 Å². The van der Waals surface area contributed by atoms with Gasteiger partial charge in [-0.05, 0) is 44.1 Å². The molecule has 1 aliphatic carbocycles. The summed E-state index contributed by atoms with van der Waals surface area (Å²) in [5.41, 5.74) is 2.42. The molecular weight excluding hydrogens is 402 g/mol. The first-order chi connectivity index (χ1) is 15.6. The van der Waals surface area contributed by atoms with Crippen molar-refractivity contribution in [2.45, 2.75) is 95.3 Å². The minimum absolute atomic E-state index is 0.0274. The fourth-order valence-electron chi connectivity index (χ4n) is 5.61. The smallest absolute Gasteiger partial charge is 0.306 e. The van der Waals surface area contributed by atoms with Crippen LogP contribution in [0.5, 0.6) is 11.5 Å². The topological polar surface area (TPSA) is 48.0 Å². The van der Waals surface area contributed by atoms with Crippen LogP contribution >= 0.6 is 0 Å². The molecule has 5 nitrogen and oxygen atoms in total. The fourth-order valence-corrected chi connectivity index (χ4v) is 5.61. The number of esters is 1. The third-order valence-corrected chi connectivity index (χ3v) is 7.40. The van der Waals surface area contributed by atoms with Crippen molar-refractivity contribution in [3.63, 3.8) is 0 Å². The molecule has 0 aromatic heterocycles. The van der Waals surface area contributed by atoms with Gasteiger partial charge in [0.2, 0.25) is 0 Å². The Balaban J connectivity index is 1.38. The van der Waals surface area contributed by atoms with Gasteiger partial charge < -0.3 is 19.1 Å². The van der Waals surface area contributed by atoms with E-state index in [-0.39, 0.29) is 23.6 Å². The van der Waals surface area contributed by atoms with E-state index in [9.17, 15) is 4.79 Å². The second-order valence-electron chi connectivity index (χ2n) is 9.76. The molecule has 3 aliphatic rings. The molecule has 0 saturated heterocycles. The lowest BCUT2D eigenvalue weighted by molar-refractivity contribution is -0.148. The Hall–Kier alpha value is -2.01. The van der Waals surface area contributed by atoms with Gasteiger partial charge in [-0.15, -0.1) is 0 Å². The van der Waals surface area contributed by atoms with Crippen molar-refractivity contribution in [3.8, 4) is 11.5 Å². The average Bonchev–Trinajstić information content (AvgIpc) is 3.04. The number of methoxy groups -OCH3 is 1. The van der Waals surface area contributed by atoms with Gasteiger partial charge in [0.05, 0.1) is 12.5 Å². The minimum Gasteiger partial charge on any atom is -0.493 e. The summed E-state index contributed by atoms with van der Waals surface area (Å²) in [5.74, 6) is 1.59. The lowest BCUT2D eigenvalue weighted by atomic mass is 9.69. The lowest BCUT2D eigenvalue weighted by Gasteiger charge is -2.36. The highest BCUT2D eigenvalue weighted by Crippen LogP contribution is 2.55. The molecular formula is C27H39NO4. The Bertz CT molecular complexity index is 835. The largest absolute Gasteiger partial charge is 0.493 e. The van der Waals surface area contributed by atoms with Crippen LogP contribution in [0.3, 0.4) is 0 Å². The number of rotatable bonds is 10. The molecule has 0 fully saturated rings. The zero-order valence-corrected chi connectivity index (χ0v) is 20.0. The molecule has 0 bridgehead atoms. The maximum Gasteiger partial charge on any atom is 0.306 e. The number of nitrogens with zero attached hydrogens (tertiary/aromatic N) is 1. The number of hydrogen-bond acceptors (Lipinski definition) is 5. The van der Waals surface area contributed by atoms with Crippen molar-refractivity contribution in [1.82, 2.24) is 4.90 Å². The molecule has 0 amide bonds. The number of benzene rings is 1. The van der Waals surface area contributed by atoms with E-state index in [2.05, 4.69) is 37.1 Å². The standard InChI is InChI=1S/C27H39NO4/c1-4-5-6-7-8-9-10-11-24(29)31-21-14-15-27-16-17-28(2)19-20-12-13-22(30-3)26(25(20)27)32-23(27)18-21/h12-15,21,23H,4-11,16-19H2,1-3H3/t21-,23-,27-/m0/s1. The summed E-state index contributed by atoms with van der Waals surface area (Å²) < 4.78 is 18.0. The number of carbonyl (C=O) groups excluding carboxylic acids is 1. The van der Waals surface area contributed by atoms with E-state index in [0.29, 0.717) is 12.8 Å². The van der Waals surface area contributed by atoms with Crippen LogP contribution in [-0.2, 0) is 21.5 Å². The molecule has 2 aliphatic heterocycles. The summed E-state index contributed by atoms with van der Waals surface area (Å²) in [6.07, 6.45) is 14.7. The Labute approximate surface area is 193 Å². The number of ether oxygens (including phenoxy) is 3. The zero-order chi connectivity index (χ0) is 22.6. The highest BCUT2D eigenvalue weighted by Gasteiger charge is 2.53. The van der Waals surface area contributed by atoms with Crippen LogP contribution in [0.15, 0.2) is 24.3 Å². The van der Waals surface area contributed by atoms with Crippen molar-refractivity contribution in [1.29, 1.82) is 0 Å². The van der Waals surface area contributed by atoms with Gasteiger partial charge >= 0.3 is 5.97 Å². The quantitative estimate of drug-likeness (QED) is 0.271. The highest BCUT2D eigenvalue weighted by molar-refractivity contribution is 5.70. The number of carbonyl (C=O) groups is 1. The van der Waals surface area contributed by atoms with Crippen molar-refractivity contribution < 1.29 is 19.0 Å². The van der Waals surface area contributed by atoms with Crippen LogP contribution in [0, 0.1) is 0 Å². The normalized spacial score (nSPS) is 26.1. The predicted molar refractivity (Wildman–Crippen MR) is 126 cm³/mol. The van der Waals surface area contributed by atoms with E-state index >= 15 is 0 Å². The monoisotopic (exact) mass is 441 g/mol. The Morgan fingerprint density at radius 1 is 1.19 bits per heavy atom. The van der Waals surface area contributed by atoms with E-state index in [4.69, 9.17) is 14.2 Å². The van der Waals surface area contributed by atoms with E-state index < -0.39 is 0 Å². The van der Waals surface area contributed by atoms with Crippen LogP contribution < -0.4 is 9.47 Å². The predicted octanol–water partition coefficient (Wildman–Crippen LogP) is 5.54. The maximum atomic E-state index is 12.4. The first-order valence-corrected chi connectivity index (χ1v) is 12.5. The zero-order valence-electron chi connectivity index (χ0n) is 20.0. The summed E-state index contributed by atoms with van der Waals surface area (Å²) in [5, 5.41) is 0. The molecule has 1 aromatic carbocycles. The van der Waals surface area contributed by atoms with Gasteiger partial charge in [-0.3, -0.25) is 4.79 Å². The average molecular weight is 442 g/mol. The third kappa shape index (κ3) is 4.68. The summed E-state index contributed by atoms with van der Waals surface area (Å²) in [4.78, 5) is 14.8. The Kier molecular flexibility index (Phi) is 7.44. The molecule has 1 aromatic rings. The van der Waals surface area contributed by atoms with Crippen LogP contribution in [0.2, 0.25) is 0 Å². The first kappa shape index (κ1) is 23.2. The molecule has 5 heteroatoms. The summed E-state index contributed by atoms with van der Waals surface area (Å²) in [7, 11) is 3.87. The second kappa shape index (κ2) is 10.3. The minimum atomic E-state index is -0.215. The molecule has 0 N–H and O–H groups in total. The molecule has 1 spiro atoms. The maximum absolute atomic E-state index is 12.4. The van der Waals surface area contributed by atoms with Gasteiger partial charge in [0.15, 0.2) is 11.5 Å². The number of unbranched alkanes of at least 4 members (excludes halogenated alkanes) is 6. The third-order valence-electron chi connectivity index (χ3n) is 7.40. The molecule has 2 heterocycles. The van der Waals surface area contributed by atoms with Gasteiger partial charge in [0.25, 0.3) is 0 Å². The van der Waals surface area contributed by atoms with Crippen LogP contribution in [0.25, 0.3) is 0 Å². The van der Waals surface area contributed by atoms with Crippen LogP contribution in [0.1, 0.15) is 82.3 Å². The van der Waals surface area contributed by atoms with Crippen molar-refractivity contribution in [2.24, 2.45) is 0 Å². The SMILES string of the molecule is CCCCCCCCCC(=O)O[C@H]1C=C[C@@]23CCN(C)Cc4ccc(OC)c(c42)O[C@H]3C1. The van der Waals surface area contributed by atoms with Crippen LogP contribution in [0.4, 0.5) is 0 Å². The van der Waals surface area contributed by atoms with E-state index in [1.54, 1.807) is 7.11 Å². The van der Waals surface area contributed by atoms with Gasteiger partial charge in [-0.25, -0.2) is 0 Å². The molecule has 0 radical (unpaired) electrons. The van der Waals surface area contributed by atoms with Crippen molar-refractivity contribution >= 4 is 5.97 Å². The van der Waals surface area contributed by atoms with E-state index in [1.165, 1.54) is 43.2 Å². The molecule has 0 unspecified atom stereocenters. The second-order valence-corrected chi connectivity index (χ2v) is 9.76. The lowest BCUT2D eigenvalue weighted by Crippen LogP contribution is -2.43. The molecule has 176 valence electrons. The van der Waals surface area contributed by atoms with Crippen LogP contribution in [-0.4, -0.2) is 43.8 Å². The molecule has 4 rings (SSSR count). The fraction of sp³-hybridized carbons (Fsp3) is 0.667. The van der Waals surface area contributed by atoms with Crippen molar-refractivity contribution in [2.75, 3.05) is 20.7 Å². The van der Waals surface area contributed by atoms with E-state index in [1.807, 2.05) is 6.07 Å². The van der Waals surface area contributed by atoms with Gasteiger partial charge in [0.1, 0.15) is 12.2 Å². The highest BCUT2D eigenvalue weighted by atomic mass is 16.6. The Morgan fingerprint density at radius 3 is 2.75 bits per heavy atom. The molecule has 0 saturated carbocycles. The first-order valence-electron chi connectivity index (χ1n) is 12.5. The van der Waals surface area contributed by atoms with Gasteiger partial charge in [-0.1, -0.05) is 57.6 Å². The summed E-state index contributed by atoms with van der Waals surface area (Å²) in [6, 6.07) is 4.19.